The molecule has 0 saturated carbocycles. The second-order valence-corrected chi connectivity index (χ2v) is 5.72. The van der Waals surface area contributed by atoms with Crippen molar-refractivity contribution in [2.45, 2.75) is 25.1 Å². The average molecular weight is 384 g/mol. The van der Waals surface area contributed by atoms with Crippen molar-refractivity contribution >= 4 is 49.4 Å². The number of alkyl halides is 1. The van der Waals surface area contributed by atoms with Gasteiger partial charge in [-0.25, -0.2) is 0 Å². The van der Waals surface area contributed by atoms with Gasteiger partial charge in [-0.2, -0.15) is 0 Å². The van der Waals surface area contributed by atoms with Gasteiger partial charge < -0.3 is 4.74 Å². The minimum Gasteiger partial charge on any atom is -0.466 e. The van der Waals surface area contributed by atoms with Gasteiger partial charge in [0.2, 0.25) is 0 Å². The van der Waals surface area contributed by atoms with Crippen molar-refractivity contribution in [3.05, 3.63) is 32.7 Å². The molecule has 0 spiro atoms. The predicted molar refractivity (Wildman–Crippen MR) is 76.3 cm³/mol. The summed E-state index contributed by atoms with van der Waals surface area (Å²) in [7, 11) is 0. The lowest BCUT2D eigenvalue weighted by molar-refractivity contribution is -0.143. The molecule has 1 aromatic carbocycles. The predicted octanol–water partition coefficient (Wildman–Crippen LogP) is 4.83. The van der Waals surface area contributed by atoms with Crippen molar-refractivity contribution in [3.8, 4) is 0 Å². The van der Waals surface area contributed by atoms with Crippen LogP contribution in [0.3, 0.4) is 0 Å². The fourth-order valence-electron chi connectivity index (χ4n) is 1.35. The van der Waals surface area contributed by atoms with E-state index in [4.69, 9.17) is 16.3 Å². The Hall–Kier alpha value is -0.0600. The van der Waals surface area contributed by atoms with Crippen LogP contribution in [-0.2, 0) is 9.53 Å². The zero-order chi connectivity index (χ0) is 12.8. The monoisotopic (exact) mass is 382 g/mol. The van der Waals surface area contributed by atoms with Crippen molar-refractivity contribution in [2.24, 2.45) is 0 Å². The lowest BCUT2D eigenvalue weighted by Crippen LogP contribution is -2.05. The largest absolute Gasteiger partial charge is 0.466 e. The van der Waals surface area contributed by atoms with Gasteiger partial charge in [0.15, 0.2) is 0 Å². The van der Waals surface area contributed by atoms with Gasteiger partial charge in [-0.1, -0.05) is 6.07 Å². The third-order valence-corrected chi connectivity index (χ3v) is 4.56. The minimum atomic E-state index is -0.200. The summed E-state index contributed by atoms with van der Waals surface area (Å²) < 4.78 is 6.79. The summed E-state index contributed by atoms with van der Waals surface area (Å²) in [6.45, 7) is 2.21. The molecule has 0 saturated heterocycles. The molecule has 94 valence electrons. The third-order valence-electron chi connectivity index (χ3n) is 2.21. The maximum atomic E-state index is 11.2. The van der Waals surface area contributed by atoms with Crippen LogP contribution in [0.2, 0.25) is 0 Å². The first-order chi connectivity index (χ1) is 8.04. The molecule has 0 aromatic heterocycles. The molecule has 2 nitrogen and oxygen atoms in total. The average Bonchev–Trinajstić information content (AvgIpc) is 2.30. The Labute approximate surface area is 123 Å². The number of carbonyl (C=O) groups is 1. The van der Waals surface area contributed by atoms with E-state index in [1.807, 2.05) is 18.2 Å². The molecule has 17 heavy (non-hydrogen) atoms. The highest BCUT2D eigenvalue weighted by Crippen LogP contribution is 2.31. The van der Waals surface area contributed by atoms with Gasteiger partial charge in [-0.3, -0.25) is 4.79 Å². The van der Waals surface area contributed by atoms with E-state index in [0.29, 0.717) is 19.4 Å². The first kappa shape index (κ1) is 15.0. The highest BCUT2D eigenvalue weighted by Gasteiger charge is 2.12. The molecule has 5 heteroatoms. The number of halogens is 3. The van der Waals surface area contributed by atoms with Gasteiger partial charge in [-0.15, -0.1) is 11.6 Å². The Bertz CT molecular complexity index is 396. The molecule has 0 bridgehead atoms. The zero-order valence-electron chi connectivity index (χ0n) is 9.38. The van der Waals surface area contributed by atoms with Gasteiger partial charge in [0, 0.05) is 15.4 Å². The van der Waals surface area contributed by atoms with E-state index >= 15 is 0 Å². The molecule has 0 N–H and O–H groups in total. The SMILES string of the molecule is CCOC(=O)CCC(Cl)c1ccc(Br)c(Br)c1. The van der Waals surface area contributed by atoms with Crippen LogP contribution in [0.4, 0.5) is 0 Å². The number of esters is 1. The van der Waals surface area contributed by atoms with Crippen molar-refractivity contribution in [1.82, 2.24) is 0 Å². The number of rotatable bonds is 5. The molecule has 0 aliphatic heterocycles. The fourth-order valence-corrected chi connectivity index (χ4v) is 2.24. The van der Waals surface area contributed by atoms with Crippen LogP contribution in [0.15, 0.2) is 27.1 Å². The Morgan fingerprint density at radius 2 is 2.12 bits per heavy atom. The second-order valence-electron chi connectivity index (χ2n) is 3.48. The summed E-state index contributed by atoms with van der Waals surface area (Å²) in [5.41, 5.74) is 0.992. The van der Waals surface area contributed by atoms with E-state index in [-0.39, 0.29) is 11.3 Å². The van der Waals surface area contributed by atoms with E-state index in [9.17, 15) is 4.79 Å². The molecule has 0 radical (unpaired) electrons. The van der Waals surface area contributed by atoms with Crippen LogP contribution >= 0.6 is 43.5 Å². The van der Waals surface area contributed by atoms with E-state index < -0.39 is 0 Å². The molecule has 1 rings (SSSR count). The van der Waals surface area contributed by atoms with E-state index in [2.05, 4.69) is 31.9 Å². The van der Waals surface area contributed by atoms with Gasteiger partial charge in [-0.05, 0) is 62.9 Å². The first-order valence-corrected chi connectivity index (χ1v) is 7.31. The smallest absolute Gasteiger partial charge is 0.305 e. The molecule has 0 amide bonds. The van der Waals surface area contributed by atoms with Gasteiger partial charge in [0.1, 0.15) is 0 Å². The number of ether oxygens (including phenoxy) is 1. The van der Waals surface area contributed by atoms with Crippen LogP contribution < -0.4 is 0 Å². The summed E-state index contributed by atoms with van der Waals surface area (Å²) >= 11 is 13.1. The van der Waals surface area contributed by atoms with Crippen molar-refractivity contribution in [3.63, 3.8) is 0 Å². The van der Waals surface area contributed by atoms with Crippen molar-refractivity contribution in [2.75, 3.05) is 6.61 Å². The lowest BCUT2D eigenvalue weighted by atomic mass is 10.1. The normalized spacial score (nSPS) is 12.2. The maximum absolute atomic E-state index is 11.2. The Morgan fingerprint density at radius 3 is 2.71 bits per heavy atom. The van der Waals surface area contributed by atoms with Crippen LogP contribution in [0.25, 0.3) is 0 Å². The molecule has 0 fully saturated rings. The fraction of sp³-hybridized carbons (Fsp3) is 0.417. The third kappa shape index (κ3) is 4.98. The molecule has 1 aromatic rings. The van der Waals surface area contributed by atoms with Crippen LogP contribution in [0, 0.1) is 0 Å². The molecule has 1 unspecified atom stereocenters. The Morgan fingerprint density at radius 1 is 1.41 bits per heavy atom. The van der Waals surface area contributed by atoms with Crippen LogP contribution in [-0.4, -0.2) is 12.6 Å². The molecule has 0 aliphatic carbocycles. The first-order valence-electron chi connectivity index (χ1n) is 5.29. The van der Waals surface area contributed by atoms with Gasteiger partial charge in [0.05, 0.1) is 12.0 Å². The van der Waals surface area contributed by atoms with Crippen LogP contribution in [0.1, 0.15) is 30.7 Å². The topological polar surface area (TPSA) is 26.3 Å². The summed E-state index contributed by atoms with van der Waals surface area (Å²) in [6, 6.07) is 5.82. The summed E-state index contributed by atoms with van der Waals surface area (Å²) in [4.78, 5) is 11.2. The maximum Gasteiger partial charge on any atom is 0.305 e. The van der Waals surface area contributed by atoms with E-state index in [1.165, 1.54) is 0 Å². The second kappa shape index (κ2) is 7.39. The van der Waals surface area contributed by atoms with Crippen molar-refractivity contribution in [1.29, 1.82) is 0 Å². The molecule has 0 heterocycles. The molecular formula is C12H13Br2ClO2. The number of hydrogen-bond donors (Lipinski definition) is 0. The summed E-state index contributed by atoms with van der Waals surface area (Å²) in [5.74, 6) is -0.200. The Balaban J connectivity index is 2.54. The van der Waals surface area contributed by atoms with E-state index in [0.717, 1.165) is 14.5 Å². The van der Waals surface area contributed by atoms with Gasteiger partial charge >= 0.3 is 5.97 Å². The zero-order valence-corrected chi connectivity index (χ0v) is 13.3. The van der Waals surface area contributed by atoms with Gasteiger partial charge in [0.25, 0.3) is 0 Å². The number of hydrogen-bond acceptors (Lipinski definition) is 2. The van der Waals surface area contributed by atoms with Crippen molar-refractivity contribution < 1.29 is 9.53 Å². The number of carbonyl (C=O) groups excluding carboxylic acids is 1. The summed E-state index contributed by atoms with van der Waals surface area (Å²) in [6.07, 6.45) is 0.921. The quantitative estimate of drug-likeness (QED) is 0.537. The standard InChI is InChI=1S/C12H13Br2ClO2/c1-2-17-12(16)6-5-11(15)8-3-4-9(13)10(14)7-8/h3-4,7,11H,2,5-6H2,1H3. The van der Waals surface area contributed by atoms with Crippen LogP contribution in [0.5, 0.6) is 0 Å². The highest BCUT2D eigenvalue weighted by atomic mass is 79.9. The molecular weight excluding hydrogens is 371 g/mol. The Kier molecular flexibility index (Phi) is 6.52. The molecule has 0 aliphatic rings. The lowest BCUT2D eigenvalue weighted by Gasteiger charge is -2.10. The molecule has 1 atom stereocenters. The highest BCUT2D eigenvalue weighted by molar-refractivity contribution is 9.13. The van der Waals surface area contributed by atoms with E-state index in [1.54, 1.807) is 6.92 Å². The summed E-state index contributed by atoms with van der Waals surface area (Å²) in [5, 5.41) is -0.177. The minimum absolute atomic E-state index is 0.177. The number of benzene rings is 1.